The molecule has 0 saturated heterocycles. The van der Waals surface area contributed by atoms with Gasteiger partial charge >= 0.3 is 0 Å². The zero-order valence-corrected chi connectivity index (χ0v) is 11.0. The van der Waals surface area contributed by atoms with Crippen LogP contribution in [0.2, 0.25) is 0 Å². The third kappa shape index (κ3) is 1.01. The lowest BCUT2D eigenvalue weighted by atomic mass is 9.60. The SMILES string of the molecule is CC1=C2C(O)C[C@H](C)[C@]23CC[C@@H](C3)C1(C)C. The molecule has 0 aromatic carbocycles. The van der Waals surface area contributed by atoms with Crippen molar-refractivity contribution in [3.8, 4) is 0 Å². The summed E-state index contributed by atoms with van der Waals surface area (Å²) in [6.07, 6.45) is 4.88. The van der Waals surface area contributed by atoms with Crippen LogP contribution in [-0.4, -0.2) is 11.2 Å². The first-order chi connectivity index (χ1) is 7.39. The highest BCUT2D eigenvalue weighted by molar-refractivity contribution is 5.39. The Morgan fingerprint density at radius 3 is 2.69 bits per heavy atom. The van der Waals surface area contributed by atoms with E-state index in [1.807, 2.05) is 0 Å². The molecule has 90 valence electrons. The number of hydrogen-bond donors (Lipinski definition) is 1. The largest absolute Gasteiger partial charge is 0.389 e. The summed E-state index contributed by atoms with van der Waals surface area (Å²) >= 11 is 0. The van der Waals surface area contributed by atoms with Crippen LogP contribution >= 0.6 is 0 Å². The predicted molar refractivity (Wildman–Crippen MR) is 66.0 cm³/mol. The van der Waals surface area contributed by atoms with Gasteiger partial charge in [-0.15, -0.1) is 0 Å². The van der Waals surface area contributed by atoms with Gasteiger partial charge < -0.3 is 5.11 Å². The molecule has 2 bridgehead atoms. The molecule has 1 heteroatoms. The highest BCUT2D eigenvalue weighted by Crippen LogP contribution is 2.67. The molecule has 2 saturated carbocycles. The summed E-state index contributed by atoms with van der Waals surface area (Å²) in [4.78, 5) is 0. The van der Waals surface area contributed by atoms with E-state index in [1.54, 1.807) is 0 Å². The van der Waals surface area contributed by atoms with Gasteiger partial charge in [0.25, 0.3) is 0 Å². The van der Waals surface area contributed by atoms with Gasteiger partial charge in [0.1, 0.15) is 0 Å². The Balaban J connectivity index is 2.21. The predicted octanol–water partition coefficient (Wildman–Crippen LogP) is 3.53. The standard InChI is InChI=1S/C15H24O/c1-9-7-12(16)13-10(2)14(3,4)11-5-6-15(9,13)8-11/h9,11-12,16H,5-8H2,1-4H3/t9-,11-,12?,15+/m0/s1. The minimum Gasteiger partial charge on any atom is -0.389 e. The zero-order chi connectivity index (χ0) is 11.7. The van der Waals surface area contributed by atoms with E-state index in [2.05, 4.69) is 27.7 Å². The van der Waals surface area contributed by atoms with Gasteiger partial charge in [-0.05, 0) is 60.8 Å². The van der Waals surface area contributed by atoms with Crippen molar-refractivity contribution in [3.63, 3.8) is 0 Å². The first kappa shape index (κ1) is 10.8. The van der Waals surface area contributed by atoms with Crippen LogP contribution in [0.3, 0.4) is 0 Å². The van der Waals surface area contributed by atoms with E-state index in [-0.39, 0.29) is 6.10 Å². The van der Waals surface area contributed by atoms with Crippen LogP contribution in [0.15, 0.2) is 11.1 Å². The lowest BCUT2D eigenvalue weighted by Gasteiger charge is -2.44. The first-order valence-corrected chi connectivity index (χ1v) is 6.79. The molecule has 0 heterocycles. The molecule has 0 aromatic rings. The first-order valence-electron chi connectivity index (χ1n) is 6.79. The van der Waals surface area contributed by atoms with Crippen molar-refractivity contribution in [1.29, 1.82) is 0 Å². The fraction of sp³-hybridized carbons (Fsp3) is 0.867. The summed E-state index contributed by atoms with van der Waals surface area (Å²) in [6.45, 7) is 9.39. The lowest BCUT2D eigenvalue weighted by molar-refractivity contribution is 0.174. The van der Waals surface area contributed by atoms with Crippen LogP contribution in [0, 0.1) is 22.7 Å². The zero-order valence-electron chi connectivity index (χ0n) is 11.0. The maximum atomic E-state index is 10.4. The van der Waals surface area contributed by atoms with Crippen LogP contribution < -0.4 is 0 Å². The minimum atomic E-state index is -0.145. The van der Waals surface area contributed by atoms with Gasteiger partial charge in [-0.25, -0.2) is 0 Å². The molecule has 16 heavy (non-hydrogen) atoms. The number of aliphatic hydroxyl groups excluding tert-OH is 1. The Hall–Kier alpha value is -0.300. The van der Waals surface area contributed by atoms with Gasteiger partial charge in [-0.2, -0.15) is 0 Å². The fourth-order valence-corrected chi connectivity index (χ4v) is 4.94. The van der Waals surface area contributed by atoms with Crippen molar-refractivity contribution in [2.24, 2.45) is 22.7 Å². The molecular weight excluding hydrogens is 196 g/mol. The van der Waals surface area contributed by atoms with Crippen molar-refractivity contribution in [2.45, 2.75) is 59.5 Å². The summed E-state index contributed by atoms with van der Waals surface area (Å²) in [6, 6.07) is 0. The maximum Gasteiger partial charge on any atom is 0.0761 e. The van der Waals surface area contributed by atoms with Crippen molar-refractivity contribution < 1.29 is 5.11 Å². The summed E-state index contributed by atoms with van der Waals surface area (Å²) in [5, 5.41) is 10.4. The Kier molecular flexibility index (Phi) is 1.98. The van der Waals surface area contributed by atoms with Crippen LogP contribution in [0.25, 0.3) is 0 Å². The molecule has 0 aromatic heterocycles. The van der Waals surface area contributed by atoms with Gasteiger partial charge in [0.05, 0.1) is 6.10 Å². The van der Waals surface area contributed by atoms with E-state index in [9.17, 15) is 5.11 Å². The van der Waals surface area contributed by atoms with Crippen LogP contribution in [0.5, 0.6) is 0 Å². The molecule has 1 unspecified atom stereocenters. The van der Waals surface area contributed by atoms with E-state index >= 15 is 0 Å². The van der Waals surface area contributed by atoms with Crippen molar-refractivity contribution in [3.05, 3.63) is 11.1 Å². The van der Waals surface area contributed by atoms with Gasteiger partial charge in [-0.3, -0.25) is 0 Å². The second-order valence-electron chi connectivity index (χ2n) is 7.01. The molecule has 3 aliphatic carbocycles. The van der Waals surface area contributed by atoms with E-state index < -0.39 is 0 Å². The van der Waals surface area contributed by atoms with Crippen molar-refractivity contribution in [1.82, 2.24) is 0 Å². The Bertz CT molecular complexity index is 366. The molecule has 3 rings (SSSR count). The number of aliphatic hydroxyl groups is 1. The number of hydrogen-bond acceptors (Lipinski definition) is 1. The number of allylic oxidation sites excluding steroid dienone is 1. The second-order valence-corrected chi connectivity index (χ2v) is 7.01. The highest BCUT2D eigenvalue weighted by atomic mass is 16.3. The summed E-state index contributed by atoms with van der Waals surface area (Å²) in [5.41, 5.74) is 3.67. The summed E-state index contributed by atoms with van der Waals surface area (Å²) in [5.74, 6) is 1.54. The summed E-state index contributed by atoms with van der Waals surface area (Å²) in [7, 11) is 0. The molecule has 1 N–H and O–H groups in total. The smallest absolute Gasteiger partial charge is 0.0761 e. The number of fused-ring (bicyclic) bond motifs is 1. The van der Waals surface area contributed by atoms with E-state index in [1.165, 1.54) is 30.4 Å². The van der Waals surface area contributed by atoms with E-state index in [0.717, 1.165) is 12.3 Å². The monoisotopic (exact) mass is 220 g/mol. The minimum absolute atomic E-state index is 0.145. The molecular formula is C15H24O. The summed E-state index contributed by atoms with van der Waals surface area (Å²) < 4.78 is 0. The van der Waals surface area contributed by atoms with Gasteiger partial charge in [0, 0.05) is 0 Å². The Labute approximate surface area is 98.9 Å². The molecule has 1 spiro atoms. The van der Waals surface area contributed by atoms with Gasteiger partial charge in [0.15, 0.2) is 0 Å². The van der Waals surface area contributed by atoms with Crippen LogP contribution in [0.1, 0.15) is 53.4 Å². The molecule has 0 radical (unpaired) electrons. The molecule has 0 amide bonds. The van der Waals surface area contributed by atoms with Gasteiger partial charge in [0.2, 0.25) is 0 Å². The Morgan fingerprint density at radius 2 is 2.00 bits per heavy atom. The molecule has 4 atom stereocenters. The quantitative estimate of drug-likeness (QED) is 0.619. The normalized spacial score (nSPS) is 49.7. The molecule has 3 aliphatic rings. The van der Waals surface area contributed by atoms with Crippen molar-refractivity contribution >= 4 is 0 Å². The molecule has 0 aliphatic heterocycles. The van der Waals surface area contributed by atoms with E-state index in [0.29, 0.717) is 16.7 Å². The van der Waals surface area contributed by atoms with Crippen molar-refractivity contribution in [2.75, 3.05) is 0 Å². The van der Waals surface area contributed by atoms with E-state index in [4.69, 9.17) is 0 Å². The molecule has 2 fully saturated rings. The third-order valence-electron chi connectivity index (χ3n) is 6.33. The fourth-order valence-electron chi connectivity index (χ4n) is 4.94. The average Bonchev–Trinajstić information content (AvgIpc) is 2.69. The molecule has 1 nitrogen and oxygen atoms in total. The Morgan fingerprint density at radius 1 is 1.31 bits per heavy atom. The topological polar surface area (TPSA) is 20.2 Å². The average molecular weight is 220 g/mol. The second kappa shape index (κ2) is 2.93. The lowest BCUT2D eigenvalue weighted by Crippen LogP contribution is -2.36. The third-order valence-corrected chi connectivity index (χ3v) is 6.33. The van der Waals surface area contributed by atoms with Crippen LogP contribution in [-0.2, 0) is 0 Å². The maximum absolute atomic E-state index is 10.4. The van der Waals surface area contributed by atoms with Crippen LogP contribution in [0.4, 0.5) is 0 Å². The van der Waals surface area contributed by atoms with Gasteiger partial charge in [-0.1, -0.05) is 26.3 Å². The highest BCUT2D eigenvalue weighted by Gasteiger charge is 2.59. The number of rotatable bonds is 0.